The summed E-state index contributed by atoms with van der Waals surface area (Å²) < 4.78 is 0. The van der Waals surface area contributed by atoms with E-state index in [1.54, 1.807) is 14.7 Å². The Morgan fingerprint density at radius 2 is 0.754 bits per heavy atom. The van der Waals surface area contributed by atoms with E-state index < -0.39 is 18.1 Å². The Kier molecular flexibility index (Phi) is 37.2. The van der Waals surface area contributed by atoms with Crippen molar-refractivity contribution in [3.8, 4) is 0 Å². The van der Waals surface area contributed by atoms with Crippen LogP contribution in [0.1, 0.15) is 142 Å². The predicted molar refractivity (Wildman–Crippen MR) is 249 cm³/mol. The first-order valence-electron chi connectivity index (χ1n) is 23.5. The minimum Gasteiger partial charge on any atom is -0.356 e. The highest BCUT2D eigenvalue weighted by Gasteiger charge is 2.25. The Morgan fingerprint density at radius 3 is 1.07 bits per heavy atom. The summed E-state index contributed by atoms with van der Waals surface area (Å²) in [4.78, 5) is 70.7. The Bertz CT molecular complexity index is 1220. The lowest BCUT2D eigenvalue weighted by Crippen LogP contribution is -2.47. The molecule has 0 unspecified atom stereocenters. The molecule has 0 saturated heterocycles. The Balaban J connectivity index is 5.71. The molecule has 14 N–H and O–H groups in total. The van der Waals surface area contributed by atoms with Gasteiger partial charge in [-0.2, -0.15) is 0 Å². The maximum atomic E-state index is 13.8. The smallest absolute Gasteiger partial charge is 0.239 e. The Hall–Kier alpha value is -3.41. The van der Waals surface area contributed by atoms with E-state index in [2.05, 4.69) is 24.5 Å². The molecule has 0 aliphatic heterocycles. The molecule has 3 atom stereocenters. The van der Waals surface area contributed by atoms with Gasteiger partial charge in [-0.05, 0) is 116 Å². The van der Waals surface area contributed by atoms with Crippen LogP contribution in [0, 0.1) is 0 Å². The van der Waals surface area contributed by atoms with Gasteiger partial charge in [-0.3, -0.25) is 24.0 Å². The summed E-state index contributed by atoms with van der Waals surface area (Å²) in [6.45, 7) is 9.14. The van der Waals surface area contributed by atoms with Gasteiger partial charge in [0.1, 0.15) is 0 Å². The number of nitrogens with two attached hydrogens (primary N) is 6. The van der Waals surface area contributed by atoms with Crippen LogP contribution in [0.15, 0.2) is 24.3 Å². The van der Waals surface area contributed by atoms with E-state index in [1.807, 2.05) is 24.3 Å². The van der Waals surface area contributed by atoms with Crippen molar-refractivity contribution in [2.45, 2.75) is 160 Å². The standard InChI is InChI=1S/C45H89N11O5/c1-3-5-7-9-25-41(57)52-30-19-34-54(43(59)38(49)22-11-14-27-46)32-17-18-33-55(44(60)39(50)23-12-15-28-47)36-21-37-56(45(61)40(51)24-13-16-29-48)35-20-31-53-42(58)26-10-8-6-4-2/h5-8,38-40H,3-4,9-37,46-51H2,1-2H3,(H,52,57)(H,53,58)/b7-5-,8-6-/t38-,39-,40-/m1/s1. The zero-order chi connectivity index (χ0) is 45.5. The van der Waals surface area contributed by atoms with Crippen LogP contribution >= 0.6 is 0 Å². The third-order valence-corrected chi connectivity index (χ3v) is 10.5. The average Bonchev–Trinajstić information content (AvgIpc) is 3.25. The molecule has 0 saturated carbocycles. The minimum atomic E-state index is -0.677. The van der Waals surface area contributed by atoms with Crippen molar-refractivity contribution in [3.05, 3.63) is 24.3 Å². The largest absolute Gasteiger partial charge is 0.356 e. The normalized spacial score (nSPS) is 13.0. The summed E-state index contributed by atoms with van der Waals surface area (Å²) >= 11 is 0. The van der Waals surface area contributed by atoms with Gasteiger partial charge in [-0.25, -0.2) is 0 Å². The lowest BCUT2D eigenvalue weighted by Gasteiger charge is -2.30. The molecule has 0 radical (unpaired) electrons. The van der Waals surface area contributed by atoms with E-state index in [1.165, 1.54) is 0 Å². The SMILES string of the molecule is CC/C=C\CCC(=O)NCCCN(CCCCN(CCCN(CCCNC(=O)CC/C=C\CC)C(=O)[C@H](N)CCCCN)C(=O)[C@H](N)CCCCN)C(=O)[C@H](N)CCCCN. The van der Waals surface area contributed by atoms with E-state index in [4.69, 9.17) is 34.4 Å². The fraction of sp³-hybridized carbons (Fsp3) is 0.800. The van der Waals surface area contributed by atoms with Crippen LogP contribution in [0.3, 0.4) is 0 Å². The van der Waals surface area contributed by atoms with Crippen LogP contribution in [0.4, 0.5) is 0 Å². The van der Waals surface area contributed by atoms with Gasteiger partial charge in [0.05, 0.1) is 18.1 Å². The molecule has 0 aromatic carbocycles. The van der Waals surface area contributed by atoms with Gasteiger partial charge in [-0.15, -0.1) is 0 Å². The topological polar surface area (TPSA) is 275 Å². The molecule has 16 heteroatoms. The highest BCUT2D eigenvalue weighted by molar-refractivity contribution is 5.83. The second-order valence-corrected chi connectivity index (χ2v) is 16.0. The summed E-state index contributed by atoms with van der Waals surface area (Å²) in [5.41, 5.74) is 36.2. The molecule has 0 bridgehead atoms. The number of allylic oxidation sites excluding steroid dienone is 4. The van der Waals surface area contributed by atoms with Crippen molar-refractivity contribution >= 4 is 29.5 Å². The van der Waals surface area contributed by atoms with Crippen molar-refractivity contribution < 1.29 is 24.0 Å². The van der Waals surface area contributed by atoms with Crippen molar-refractivity contribution in [3.63, 3.8) is 0 Å². The molecule has 0 fully saturated rings. The average molecular weight is 864 g/mol. The van der Waals surface area contributed by atoms with Gasteiger partial charge >= 0.3 is 0 Å². The van der Waals surface area contributed by atoms with E-state index in [0.717, 1.165) is 51.4 Å². The van der Waals surface area contributed by atoms with Crippen molar-refractivity contribution in [2.75, 3.05) is 72.0 Å². The second kappa shape index (κ2) is 39.4. The number of carbonyl (C=O) groups is 5. The van der Waals surface area contributed by atoms with Crippen LogP contribution in [0.25, 0.3) is 0 Å². The zero-order valence-electron chi connectivity index (χ0n) is 38.3. The quantitative estimate of drug-likeness (QED) is 0.0328. The van der Waals surface area contributed by atoms with Gasteiger partial charge in [0.15, 0.2) is 0 Å². The van der Waals surface area contributed by atoms with Gasteiger partial charge in [0, 0.05) is 65.2 Å². The first-order chi connectivity index (χ1) is 29.5. The molecular weight excluding hydrogens is 775 g/mol. The monoisotopic (exact) mass is 864 g/mol. The third kappa shape index (κ3) is 30.3. The molecule has 0 aliphatic carbocycles. The molecule has 0 spiro atoms. The van der Waals surface area contributed by atoms with Gasteiger partial charge in [-0.1, -0.05) is 57.4 Å². The van der Waals surface area contributed by atoms with Crippen molar-refractivity contribution in [1.82, 2.24) is 25.3 Å². The van der Waals surface area contributed by atoms with E-state index in [9.17, 15) is 24.0 Å². The minimum absolute atomic E-state index is 0.0176. The van der Waals surface area contributed by atoms with Crippen LogP contribution in [0.5, 0.6) is 0 Å². The summed E-state index contributed by atoms with van der Waals surface area (Å²) in [6.07, 6.45) is 21.3. The number of rotatable bonds is 40. The first kappa shape index (κ1) is 57.6. The number of hydrogen-bond donors (Lipinski definition) is 8. The van der Waals surface area contributed by atoms with Crippen LogP contribution in [0.2, 0.25) is 0 Å². The summed E-state index contributed by atoms with van der Waals surface area (Å²) in [5.74, 6) is -0.477. The first-order valence-corrected chi connectivity index (χ1v) is 23.5. The molecular formula is C45H89N11O5. The highest BCUT2D eigenvalue weighted by atomic mass is 16.2. The highest BCUT2D eigenvalue weighted by Crippen LogP contribution is 2.11. The number of nitrogens with one attached hydrogen (secondary N) is 2. The number of hydrogen-bond acceptors (Lipinski definition) is 11. The fourth-order valence-corrected chi connectivity index (χ4v) is 6.82. The van der Waals surface area contributed by atoms with E-state index in [0.29, 0.717) is 149 Å². The molecule has 0 aliphatic rings. The molecule has 0 rings (SSSR count). The maximum Gasteiger partial charge on any atom is 0.239 e. The fourth-order valence-electron chi connectivity index (χ4n) is 6.82. The Morgan fingerprint density at radius 1 is 0.443 bits per heavy atom. The maximum absolute atomic E-state index is 13.8. The molecule has 61 heavy (non-hydrogen) atoms. The molecule has 0 aromatic rings. The summed E-state index contributed by atoms with van der Waals surface area (Å²) in [7, 11) is 0. The van der Waals surface area contributed by atoms with Gasteiger partial charge < -0.3 is 59.7 Å². The summed E-state index contributed by atoms with van der Waals surface area (Å²) in [5, 5.41) is 5.91. The zero-order valence-corrected chi connectivity index (χ0v) is 38.3. The second-order valence-electron chi connectivity index (χ2n) is 16.0. The molecule has 354 valence electrons. The lowest BCUT2D eigenvalue weighted by atomic mass is 10.1. The number of carbonyl (C=O) groups excluding carboxylic acids is 5. The van der Waals surface area contributed by atoms with E-state index >= 15 is 0 Å². The lowest BCUT2D eigenvalue weighted by molar-refractivity contribution is -0.135. The van der Waals surface area contributed by atoms with Gasteiger partial charge in [0.2, 0.25) is 29.5 Å². The third-order valence-electron chi connectivity index (χ3n) is 10.5. The molecule has 16 nitrogen and oxygen atoms in total. The van der Waals surface area contributed by atoms with Crippen LogP contribution in [-0.2, 0) is 24.0 Å². The molecule has 5 amide bonds. The summed E-state index contributed by atoms with van der Waals surface area (Å²) in [6, 6.07) is -1.98. The van der Waals surface area contributed by atoms with Crippen LogP contribution in [-0.4, -0.2) is 134 Å². The predicted octanol–water partition coefficient (Wildman–Crippen LogP) is 2.52. The Labute approximate surface area is 369 Å². The van der Waals surface area contributed by atoms with Crippen molar-refractivity contribution in [2.24, 2.45) is 34.4 Å². The van der Waals surface area contributed by atoms with Crippen LogP contribution < -0.4 is 45.0 Å². The molecule has 0 aromatic heterocycles. The van der Waals surface area contributed by atoms with Gasteiger partial charge in [0.25, 0.3) is 0 Å². The van der Waals surface area contributed by atoms with E-state index in [-0.39, 0.29) is 29.5 Å². The number of amides is 5. The molecule has 0 heterocycles. The van der Waals surface area contributed by atoms with Crippen molar-refractivity contribution in [1.29, 1.82) is 0 Å². The number of unbranched alkanes of at least 4 members (excludes halogenated alkanes) is 4. The number of nitrogens with zero attached hydrogens (tertiary/aromatic N) is 3.